The number of hydrogen-bond donors (Lipinski definition) is 1. The molecule has 0 aromatic carbocycles. The van der Waals surface area contributed by atoms with Gasteiger partial charge in [-0.2, -0.15) is 0 Å². The van der Waals surface area contributed by atoms with E-state index in [4.69, 9.17) is 4.74 Å². The minimum absolute atomic E-state index is 0.0185. The van der Waals surface area contributed by atoms with Crippen LogP contribution in [0.3, 0.4) is 0 Å². The zero-order valence-electron chi connectivity index (χ0n) is 42.3. The standard InChI is InChI=1S/C54H95FN4O5S/c1-6-9-12-15-18-19-20-21-22-23-24-25-26-29-32-39-50(61)59(55)54-52(53(63)56-42-35-43-57(4)5)47-41-44-58(45-48(47)65-54)49(60)38-33-34-40-51(62)64-46(36-30-27-16-13-10-7-2)37-31-28-17-14-11-8-3/h21-22,46H,6-20,23-45H2,1-5H3,(H,56,63)/b22-21-. The molecule has 0 aliphatic carbocycles. The van der Waals surface area contributed by atoms with Crippen LogP contribution in [0.5, 0.6) is 0 Å². The Morgan fingerprint density at radius 1 is 0.677 bits per heavy atom. The lowest BCUT2D eigenvalue weighted by Gasteiger charge is -2.27. The fourth-order valence-corrected chi connectivity index (χ4v) is 10.0. The Balaban J connectivity index is 1.89. The fraction of sp³-hybridized carbons (Fsp3) is 0.815. The van der Waals surface area contributed by atoms with Crippen LogP contribution in [0.25, 0.3) is 0 Å². The molecule has 0 radical (unpaired) electrons. The second-order valence-electron chi connectivity index (χ2n) is 19.1. The maximum absolute atomic E-state index is 16.0. The van der Waals surface area contributed by atoms with E-state index in [0.29, 0.717) is 51.6 Å². The maximum Gasteiger partial charge on any atom is 0.306 e. The largest absolute Gasteiger partial charge is 0.462 e. The lowest BCUT2D eigenvalue weighted by Crippen LogP contribution is -2.36. The van der Waals surface area contributed by atoms with Crippen molar-refractivity contribution in [2.45, 2.75) is 252 Å². The number of esters is 1. The van der Waals surface area contributed by atoms with Gasteiger partial charge >= 0.3 is 5.97 Å². The van der Waals surface area contributed by atoms with Gasteiger partial charge in [-0.3, -0.25) is 19.2 Å². The summed E-state index contributed by atoms with van der Waals surface area (Å²) in [5.41, 5.74) is 0.960. The highest BCUT2D eigenvalue weighted by molar-refractivity contribution is 7.17. The first-order valence-corrected chi connectivity index (χ1v) is 27.6. The quantitative estimate of drug-likeness (QED) is 0.0304. The van der Waals surface area contributed by atoms with Crippen molar-refractivity contribution >= 4 is 40.0 Å². The van der Waals surface area contributed by atoms with E-state index in [1.165, 1.54) is 103 Å². The third-order valence-electron chi connectivity index (χ3n) is 12.8. The molecule has 1 aromatic heterocycles. The summed E-state index contributed by atoms with van der Waals surface area (Å²) in [4.78, 5) is 57.9. The average Bonchev–Trinajstić information content (AvgIpc) is 3.68. The summed E-state index contributed by atoms with van der Waals surface area (Å²) >= 11 is 1.11. The maximum atomic E-state index is 16.0. The van der Waals surface area contributed by atoms with Gasteiger partial charge in [0.2, 0.25) is 5.91 Å². The SMILES string of the molecule is CCCCCCCC/C=C\CCCCCCCC(=O)N(F)c1sc2c(c1C(=O)NCCCN(C)C)CCN(C(=O)CCCCC(=O)OC(CCCCCCCC)CCCCCCCC)C2. The molecule has 11 heteroatoms. The molecule has 1 aliphatic rings. The van der Waals surface area contributed by atoms with Crippen LogP contribution in [-0.4, -0.2) is 73.3 Å². The number of amides is 3. The van der Waals surface area contributed by atoms with E-state index in [1.807, 2.05) is 19.0 Å². The zero-order valence-corrected chi connectivity index (χ0v) is 43.1. The first-order valence-electron chi connectivity index (χ1n) is 26.8. The highest BCUT2D eigenvalue weighted by Gasteiger charge is 2.33. The van der Waals surface area contributed by atoms with Crippen molar-refractivity contribution < 1.29 is 28.4 Å². The van der Waals surface area contributed by atoms with Crippen LogP contribution in [-0.2, 0) is 32.1 Å². The number of fused-ring (bicyclic) bond motifs is 1. The van der Waals surface area contributed by atoms with Gasteiger partial charge < -0.3 is 19.9 Å². The highest BCUT2D eigenvalue weighted by atomic mass is 32.1. The van der Waals surface area contributed by atoms with Gasteiger partial charge in [0.1, 0.15) is 11.1 Å². The van der Waals surface area contributed by atoms with Crippen LogP contribution < -0.4 is 10.4 Å². The van der Waals surface area contributed by atoms with E-state index >= 15 is 4.48 Å². The molecule has 0 bridgehead atoms. The van der Waals surface area contributed by atoms with Crippen LogP contribution in [0.2, 0.25) is 0 Å². The Morgan fingerprint density at radius 2 is 1.18 bits per heavy atom. The number of anilines is 1. The van der Waals surface area contributed by atoms with E-state index in [2.05, 4.69) is 38.2 Å². The van der Waals surface area contributed by atoms with Gasteiger partial charge in [0, 0.05) is 37.2 Å². The number of allylic oxidation sites excluding steroid dienone is 2. The summed E-state index contributed by atoms with van der Waals surface area (Å²) in [5.74, 6) is -1.19. The molecule has 2 rings (SSSR count). The minimum Gasteiger partial charge on any atom is -0.462 e. The van der Waals surface area contributed by atoms with E-state index < -0.39 is 5.91 Å². The van der Waals surface area contributed by atoms with Crippen molar-refractivity contribution in [2.24, 2.45) is 0 Å². The van der Waals surface area contributed by atoms with Gasteiger partial charge in [0.05, 0.1) is 12.1 Å². The molecule has 2 heterocycles. The number of hydrogen-bond acceptors (Lipinski definition) is 7. The normalized spacial score (nSPS) is 12.7. The number of rotatable bonds is 41. The van der Waals surface area contributed by atoms with Crippen molar-refractivity contribution in [1.29, 1.82) is 0 Å². The molecule has 374 valence electrons. The van der Waals surface area contributed by atoms with Crippen LogP contribution >= 0.6 is 11.3 Å². The third kappa shape index (κ3) is 27.0. The summed E-state index contributed by atoms with van der Waals surface area (Å²) in [7, 11) is 3.95. The van der Waals surface area contributed by atoms with Crippen LogP contribution in [0, 0.1) is 0 Å². The molecular weight excluding hydrogens is 836 g/mol. The summed E-state index contributed by atoms with van der Waals surface area (Å²) in [6, 6.07) is 0. The molecule has 0 spiro atoms. The molecule has 9 nitrogen and oxygen atoms in total. The molecule has 0 unspecified atom stereocenters. The summed E-state index contributed by atoms with van der Waals surface area (Å²) in [6.07, 6.45) is 38.9. The smallest absolute Gasteiger partial charge is 0.306 e. The average molecular weight is 931 g/mol. The topological polar surface area (TPSA) is 99.3 Å². The minimum atomic E-state index is -0.634. The van der Waals surface area contributed by atoms with Crippen molar-refractivity contribution in [1.82, 2.24) is 15.1 Å². The number of carbonyl (C=O) groups excluding carboxylic acids is 4. The number of carbonyl (C=O) groups is 4. The second-order valence-corrected chi connectivity index (χ2v) is 20.2. The summed E-state index contributed by atoms with van der Waals surface area (Å²) in [5, 5.41) is 3.19. The first kappa shape index (κ1) is 58.3. The number of thiophene rings is 1. The first-order chi connectivity index (χ1) is 31.6. The predicted octanol–water partition coefficient (Wildman–Crippen LogP) is 14.5. The van der Waals surface area contributed by atoms with Crippen molar-refractivity contribution in [3.63, 3.8) is 0 Å². The van der Waals surface area contributed by atoms with Crippen molar-refractivity contribution in [3.05, 3.63) is 28.2 Å². The zero-order chi connectivity index (χ0) is 47.3. The van der Waals surface area contributed by atoms with Crippen molar-refractivity contribution in [3.8, 4) is 0 Å². The molecule has 0 fully saturated rings. The Bertz CT molecular complexity index is 1430. The molecule has 1 aromatic rings. The van der Waals surface area contributed by atoms with Gasteiger partial charge in [-0.05, 0) is 110 Å². The van der Waals surface area contributed by atoms with Crippen LogP contribution in [0.4, 0.5) is 9.48 Å². The number of nitrogens with zero attached hydrogens (tertiary/aromatic N) is 3. The number of unbranched alkanes of at least 4 members (excludes halogenated alkanes) is 22. The van der Waals surface area contributed by atoms with Gasteiger partial charge in [0.25, 0.3) is 11.8 Å². The molecule has 0 saturated carbocycles. The second kappa shape index (κ2) is 38.2. The Hall–Kier alpha value is -2.79. The molecular formula is C54H95FN4O5S. The van der Waals surface area contributed by atoms with E-state index in [9.17, 15) is 19.2 Å². The van der Waals surface area contributed by atoms with Gasteiger partial charge in [0.15, 0.2) is 0 Å². The van der Waals surface area contributed by atoms with Crippen LogP contribution in [0.1, 0.15) is 253 Å². The molecule has 1 aliphatic heterocycles. The van der Waals surface area contributed by atoms with Crippen molar-refractivity contribution in [2.75, 3.05) is 38.9 Å². The Labute approximate surface area is 400 Å². The van der Waals surface area contributed by atoms with E-state index in [-0.39, 0.29) is 52.5 Å². The summed E-state index contributed by atoms with van der Waals surface area (Å²) < 4.78 is 22.1. The Kier molecular flexibility index (Phi) is 34.3. The lowest BCUT2D eigenvalue weighted by molar-refractivity contribution is -0.150. The summed E-state index contributed by atoms with van der Waals surface area (Å²) in [6.45, 7) is 8.64. The third-order valence-corrected chi connectivity index (χ3v) is 14.0. The Morgan fingerprint density at radius 3 is 1.75 bits per heavy atom. The van der Waals surface area contributed by atoms with Crippen LogP contribution in [0.15, 0.2) is 12.2 Å². The molecule has 0 saturated heterocycles. The number of ether oxygens (including phenoxy) is 1. The molecule has 0 atom stereocenters. The molecule has 65 heavy (non-hydrogen) atoms. The number of nitrogens with one attached hydrogen (secondary N) is 1. The lowest BCUT2D eigenvalue weighted by atomic mass is 10.0. The molecule has 1 N–H and O–H groups in total. The molecule has 3 amide bonds. The van der Waals surface area contributed by atoms with E-state index in [0.717, 1.165) is 99.0 Å². The van der Waals surface area contributed by atoms with Gasteiger partial charge in [-0.15, -0.1) is 16.5 Å². The predicted molar refractivity (Wildman–Crippen MR) is 271 cm³/mol. The van der Waals surface area contributed by atoms with Gasteiger partial charge in [-0.25, -0.2) is 0 Å². The highest BCUT2D eigenvalue weighted by Crippen LogP contribution is 2.40. The monoisotopic (exact) mass is 931 g/mol. The van der Waals surface area contributed by atoms with Gasteiger partial charge in [-0.1, -0.05) is 153 Å². The fourth-order valence-electron chi connectivity index (χ4n) is 8.73. The number of halogens is 1. The van der Waals surface area contributed by atoms with E-state index in [1.54, 1.807) is 4.90 Å².